The predicted molar refractivity (Wildman–Crippen MR) is 81.7 cm³/mol. The molecule has 2 rings (SSSR count). The summed E-state index contributed by atoms with van der Waals surface area (Å²) in [5.74, 6) is 0.629. The Labute approximate surface area is 121 Å². The van der Waals surface area contributed by atoms with Crippen LogP contribution >= 0.6 is 11.8 Å². The monoisotopic (exact) mass is 288 g/mol. The first kappa shape index (κ1) is 14.3. The van der Waals surface area contributed by atoms with Crippen molar-refractivity contribution in [3.63, 3.8) is 0 Å². The third-order valence-corrected chi connectivity index (χ3v) is 3.69. The number of carbonyl (C=O) groups is 1. The highest BCUT2D eigenvalue weighted by Crippen LogP contribution is 2.24. The molecule has 0 aliphatic heterocycles. The molecule has 0 unspecified atom stereocenters. The zero-order valence-corrected chi connectivity index (χ0v) is 12.1. The molecule has 1 atom stereocenters. The highest BCUT2D eigenvalue weighted by atomic mass is 32.2. The molecular weight excluding hydrogens is 272 g/mol. The van der Waals surface area contributed by atoms with Gasteiger partial charge in [-0.3, -0.25) is 4.79 Å². The number of nitrogens with zero attached hydrogens (tertiary/aromatic N) is 2. The van der Waals surface area contributed by atoms with Crippen molar-refractivity contribution in [1.82, 2.24) is 9.97 Å². The lowest BCUT2D eigenvalue weighted by Gasteiger charge is -2.10. The van der Waals surface area contributed by atoms with Crippen LogP contribution in [0.25, 0.3) is 0 Å². The van der Waals surface area contributed by atoms with E-state index in [1.54, 1.807) is 0 Å². The van der Waals surface area contributed by atoms with Crippen LogP contribution in [0, 0.1) is 6.92 Å². The summed E-state index contributed by atoms with van der Waals surface area (Å²) in [5, 5.41) is 0.106. The van der Waals surface area contributed by atoms with Gasteiger partial charge in [-0.1, -0.05) is 41.6 Å². The maximum Gasteiger partial charge on any atom is 0.192 e. The Morgan fingerprint density at radius 3 is 2.25 bits per heavy atom. The van der Waals surface area contributed by atoms with Crippen LogP contribution in [0.4, 0.5) is 11.6 Å². The third-order valence-electron chi connectivity index (χ3n) is 2.73. The summed E-state index contributed by atoms with van der Waals surface area (Å²) >= 11 is 1.25. The minimum Gasteiger partial charge on any atom is -0.383 e. The molecule has 2 aromatic rings. The van der Waals surface area contributed by atoms with Crippen molar-refractivity contribution in [3.8, 4) is 0 Å². The second-order valence-corrected chi connectivity index (χ2v) is 5.80. The molecule has 0 fully saturated rings. The van der Waals surface area contributed by atoms with Crippen LogP contribution in [0.1, 0.15) is 22.8 Å². The summed E-state index contributed by atoms with van der Waals surface area (Å²) in [6.07, 6.45) is 0. The predicted octanol–water partition coefficient (Wildman–Crippen LogP) is 2.31. The average molecular weight is 288 g/mol. The number of thioether (sulfide) groups is 1. The summed E-state index contributed by atoms with van der Waals surface area (Å²) in [5.41, 5.74) is 13.0. The van der Waals surface area contributed by atoms with E-state index in [4.69, 9.17) is 11.5 Å². The molecule has 0 amide bonds. The number of aryl methyl sites for hydroxylation is 1. The molecule has 4 N–H and O–H groups in total. The second kappa shape index (κ2) is 5.92. The van der Waals surface area contributed by atoms with Gasteiger partial charge in [0.2, 0.25) is 0 Å². The summed E-state index contributed by atoms with van der Waals surface area (Å²) in [7, 11) is 0. The molecule has 0 saturated carbocycles. The van der Waals surface area contributed by atoms with Gasteiger partial charge in [0.1, 0.15) is 11.6 Å². The van der Waals surface area contributed by atoms with Crippen molar-refractivity contribution < 1.29 is 4.79 Å². The molecule has 0 aliphatic rings. The van der Waals surface area contributed by atoms with E-state index in [-0.39, 0.29) is 11.0 Å². The van der Waals surface area contributed by atoms with E-state index < -0.39 is 0 Å². The largest absolute Gasteiger partial charge is 0.383 e. The number of hydrogen-bond donors (Lipinski definition) is 2. The summed E-state index contributed by atoms with van der Waals surface area (Å²) in [4.78, 5) is 20.4. The zero-order valence-electron chi connectivity index (χ0n) is 11.3. The molecule has 1 aromatic heterocycles. The molecule has 1 aromatic carbocycles. The molecule has 0 bridgehead atoms. The van der Waals surface area contributed by atoms with Crippen LogP contribution < -0.4 is 11.5 Å². The first-order valence-corrected chi connectivity index (χ1v) is 7.01. The summed E-state index contributed by atoms with van der Waals surface area (Å²) < 4.78 is 0. The summed E-state index contributed by atoms with van der Waals surface area (Å²) in [6, 6.07) is 8.96. The number of nitrogen functional groups attached to an aromatic ring is 2. The first-order chi connectivity index (χ1) is 9.45. The Morgan fingerprint density at radius 1 is 1.15 bits per heavy atom. The second-order valence-electron chi connectivity index (χ2n) is 4.49. The van der Waals surface area contributed by atoms with Crippen LogP contribution in [0.5, 0.6) is 0 Å². The molecule has 5 nitrogen and oxygen atoms in total. The molecule has 0 spiro atoms. The number of hydrogen-bond acceptors (Lipinski definition) is 6. The third kappa shape index (κ3) is 3.48. The maximum atomic E-state index is 12.3. The molecule has 20 heavy (non-hydrogen) atoms. The molecule has 0 radical (unpaired) electrons. The van der Waals surface area contributed by atoms with Crippen LogP contribution in [-0.4, -0.2) is 21.0 Å². The SMILES string of the molecule is Cc1ccc(C(=O)[C@@H](C)Sc2nc(N)cc(N)n2)cc1. The molecule has 104 valence electrons. The van der Waals surface area contributed by atoms with E-state index in [0.29, 0.717) is 22.4 Å². The van der Waals surface area contributed by atoms with Gasteiger partial charge in [-0.05, 0) is 13.8 Å². The quantitative estimate of drug-likeness (QED) is 0.509. The standard InChI is InChI=1S/C14H16N4OS/c1-8-3-5-10(6-4-8)13(19)9(2)20-14-17-11(15)7-12(16)18-14/h3-7,9H,1-2H3,(H4,15,16,17,18)/t9-/m1/s1. The van der Waals surface area contributed by atoms with Crippen molar-refractivity contribution in [2.45, 2.75) is 24.3 Å². The van der Waals surface area contributed by atoms with Gasteiger partial charge in [-0.2, -0.15) is 0 Å². The van der Waals surface area contributed by atoms with Crippen molar-refractivity contribution in [2.75, 3.05) is 11.5 Å². The number of carbonyl (C=O) groups excluding carboxylic acids is 1. The molecule has 0 saturated heterocycles. The summed E-state index contributed by atoms with van der Waals surface area (Å²) in [6.45, 7) is 3.80. The Balaban J connectivity index is 2.13. The average Bonchev–Trinajstić information content (AvgIpc) is 2.37. The Hall–Kier alpha value is -2.08. The Morgan fingerprint density at radius 2 is 1.70 bits per heavy atom. The number of nitrogens with two attached hydrogens (primary N) is 2. The van der Waals surface area contributed by atoms with Crippen molar-refractivity contribution >= 4 is 29.2 Å². The lowest BCUT2D eigenvalue weighted by Crippen LogP contribution is -2.14. The number of benzene rings is 1. The van der Waals surface area contributed by atoms with Crippen molar-refractivity contribution in [3.05, 3.63) is 41.5 Å². The normalized spacial score (nSPS) is 12.1. The lowest BCUT2D eigenvalue weighted by molar-refractivity contribution is 0.0994. The van der Waals surface area contributed by atoms with Gasteiger partial charge in [-0.15, -0.1) is 0 Å². The number of rotatable bonds is 4. The Kier molecular flexibility index (Phi) is 4.24. The van der Waals surface area contributed by atoms with Gasteiger partial charge < -0.3 is 11.5 Å². The fourth-order valence-corrected chi connectivity index (χ4v) is 2.55. The van der Waals surface area contributed by atoms with Gasteiger partial charge in [0.25, 0.3) is 0 Å². The van der Waals surface area contributed by atoms with E-state index in [2.05, 4.69) is 9.97 Å². The van der Waals surface area contributed by atoms with Gasteiger partial charge in [-0.25, -0.2) is 9.97 Å². The maximum absolute atomic E-state index is 12.3. The molecule has 6 heteroatoms. The number of ketones is 1. The fourth-order valence-electron chi connectivity index (χ4n) is 1.68. The fraction of sp³-hybridized carbons (Fsp3) is 0.214. The first-order valence-electron chi connectivity index (χ1n) is 6.13. The molecule has 1 heterocycles. The van der Waals surface area contributed by atoms with Gasteiger partial charge in [0, 0.05) is 11.6 Å². The lowest BCUT2D eigenvalue weighted by atomic mass is 10.1. The number of aromatic nitrogens is 2. The highest BCUT2D eigenvalue weighted by molar-refractivity contribution is 8.00. The molecule has 0 aliphatic carbocycles. The van der Waals surface area contributed by atoms with E-state index in [0.717, 1.165) is 5.56 Å². The van der Waals surface area contributed by atoms with Crippen LogP contribution in [0.2, 0.25) is 0 Å². The Bertz CT molecular complexity index is 607. The number of Topliss-reactive ketones (excluding diaryl/α,β-unsaturated/α-hetero) is 1. The van der Waals surface area contributed by atoms with Gasteiger partial charge in [0.05, 0.1) is 5.25 Å². The highest BCUT2D eigenvalue weighted by Gasteiger charge is 2.18. The van der Waals surface area contributed by atoms with E-state index >= 15 is 0 Å². The van der Waals surface area contributed by atoms with Gasteiger partial charge in [0.15, 0.2) is 10.9 Å². The smallest absolute Gasteiger partial charge is 0.192 e. The van der Waals surface area contributed by atoms with Crippen LogP contribution in [0.3, 0.4) is 0 Å². The zero-order chi connectivity index (χ0) is 14.7. The molecular formula is C14H16N4OS. The van der Waals surface area contributed by atoms with Gasteiger partial charge >= 0.3 is 0 Å². The number of anilines is 2. The van der Waals surface area contributed by atoms with Crippen LogP contribution in [0.15, 0.2) is 35.5 Å². The minimum absolute atomic E-state index is 0.0274. The van der Waals surface area contributed by atoms with Crippen molar-refractivity contribution in [1.29, 1.82) is 0 Å². The topological polar surface area (TPSA) is 94.9 Å². The van der Waals surface area contributed by atoms with E-state index in [9.17, 15) is 4.79 Å². The van der Waals surface area contributed by atoms with E-state index in [1.807, 2.05) is 38.1 Å². The van der Waals surface area contributed by atoms with Crippen LogP contribution in [-0.2, 0) is 0 Å². The minimum atomic E-state index is -0.307. The van der Waals surface area contributed by atoms with E-state index in [1.165, 1.54) is 17.8 Å². The van der Waals surface area contributed by atoms with Crippen molar-refractivity contribution in [2.24, 2.45) is 0 Å².